The second-order valence-electron chi connectivity index (χ2n) is 5.17. The van der Waals surface area contributed by atoms with Crippen molar-refractivity contribution in [1.82, 2.24) is 0 Å². The number of aliphatic carboxylic acids is 1. The lowest BCUT2D eigenvalue weighted by atomic mass is 10.0. The zero-order valence-corrected chi connectivity index (χ0v) is 14.6. The van der Waals surface area contributed by atoms with E-state index in [4.69, 9.17) is 14.2 Å². The van der Waals surface area contributed by atoms with E-state index in [0.29, 0.717) is 41.6 Å². The molecule has 0 spiro atoms. The van der Waals surface area contributed by atoms with Crippen LogP contribution in [0.2, 0.25) is 0 Å². The molecule has 0 aliphatic carbocycles. The first-order valence-electron chi connectivity index (χ1n) is 8.08. The number of benzene rings is 2. The number of hydrogen-bond donors (Lipinski definition) is 1. The number of carboxylic acid groups (broad SMARTS) is 1. The molecule has 0 atom stereocenters. The van der Waals surface area contributed by atoms with Crippen LogP contribution in [-0.4, -0.2) is 31.4 Å². The summed E-state index contributed by atoms with van der Waals surface area (Å²) in [4.78, 5) is 11.7. The van der Waals surface area contributed by atoms with E-state index in [-0.39, 0.29) is 5.57 Å². The lowest BCUT2D eigenvalue weighted by Gasteiger charge is -2.12. The molecule has 0 heterocycles. The highest BCUT2D eigenvalue weighted by Crippen LogP contribution is 2.30. The smallest absolute Gasteiger partial charge is 0.336 e. The maximum Gasteiger partial charge on any atom is 0.336 e. The predicted octanol–water partition coefficient (Wildman–Crippen LogP) is 4.12. The van der Waals surface area contributed by atoms with Gasteiger partial charge in [-0.1, -0.05) is 18.2 Å². The van der Waals surface area contributed by atoms with Gasteiger partial charge in [0, 0.05) is 0 Å². The first-order chi connectivity index (χ1) is 12.1. The fraction of sp³-hybridized carbons (Fsp3) is 0.250. The summed E-state index contributed by atoms with van der Waals surface area (Å²) in [6, 6.07) is 12.3. The normalized spacial score (nSPS) is 11.1. The number of hydrogen-bond acceptors (Lipinski definition) is 4. The van der Waals surface area contributed by atoms with Crippen molar-refractivity contribution in [2.45, 2.75) is 13.8 Å². The van der Waals surface area contributed by atoms with Crippen molar-refractivity contribution in [3.05, 3.63) is 53.6 Å². The van der Waals surface area contributed by atoms with Crippen LogP contribution in [0.4, 0.5) is 0 Å². The van der Waals surface area contributed by atoms with Crippen molar-refractivity contribution in [3.63, 3.8) is 0 Å². The minimum atomic E-state index is -1.01. The minimum absolute atomic E-state index is 0.172. The van der Waals surface area contributed by atoms with Crippen molar-refractivity contribution >= 4 is 17.6 Å². The third kappa shape index (κ3) is 4.76. The van der Waals surface area contributed by atoms with Gasteiger partial charge in [-0.25, -0.2) is 4.79 Å². The summed E-state index contributed by atoms with van der Waals surface area (Å²) in [5.74, 6) is 0.819. The van der Waals surface area contributed by atoms with E-state index in [2.05, 4.69) is 0 Å². The molecule has 2 aromatic carbocycles. The predicted molar refractivity (Wildman–Crippen MR) is 97.3 cm³/mol. The molecule has 132 valence electrons. The topological polar surface area (TPSA) is 65.0 Å². The molecule has 0 saturated carbocycles. The fourth-order valence-electron chi connectivity index (χ4n) is 2.38. The highest BCUT2D eigenvalue weighted by atomic mass is 16.5. The lowest BCUT2D eigenvalue weighted by Crippen LogP contribution is -2.01. The molecule has 1 N–H and O–H groups in total. The molecular weight excluding hydrogens is 320 g/mol. The van der Waals surface area contributed by atoms with Crippen LogP contribution in [-0.2, 0) is 4.79 Å². The average molecular weight is 342 g/mol. The van der Waals surface area contributed by atoms with Gasteiger partial charge in [0.15, 0.2) is 11.5 Å². The summed E-state index contributed by atoms with van der Waals surface area (Å²) in [5, 5.41) is 9.60. The first-order valence-corrected chi connectivity index (χ1v) is 8.08. The Morgan fingerprint density at radius 1 is 1.04 bits per heavy atom. The maximum absolute atomic E-state index is 11.7. The molecule has 0 aliphatic rings. The molecule has 2 aromatic rings. The van der Waals surface area contributed by atoms with Crippen LogP contribution in [0.1, 0.15) is 25.0 Å². The SMILES string of the molecule is CCOc1ccc(/C=C(\C(=O)O)c2cccc(OC)c2)cc1OCC. The Morgan fingerprint density at radius 2 is 1.76 bits per heavy atom. The van der Waals surface area contributed by atoms with Crippen molar-refractivity contribution in [1.29, 1.82) is 0 Å². The van der Waals surface area contributed by atoms with Crippen LogP contribution in [0, 0.1) is 0 Å². The molecular formula is C20H22O5. The number of rotatable bonds is 8. The minimum Gasteiger partial charge on any atom is -0.497 e. The lowest BCUT2D eigenvalue weighted by molar-refractivity contribution is -0.130. The maximum atomic E-state index is 11.7. The summed E-state index contributed by atoms with van der Waals surface area (Å²) in [7, 11) is 1.55. The van der Waals surface area contributed by atoms with Crippen LogP contribution in [0.5, 0.6) is 17.2 Å². The van der Waals surface area contributed by atoms with Gasteiger partial charge in [0.2, 0.25) is 0 Å². The Morgan fingerprint density at radius 3 is 2.40 bits per heavy atom. The van der Waals surface area contributed by atoms with E-state index >= 15 is 0 Å². The number of carboxylic acids is 1. The molecule has 25 heavy (non-hydrogen) atoms. The molecule has 5 heteroatoms. The van der Waals surface area contributed by atoms with E-state index < -0.39 is 5.97 Å². The highest BCUT2D eigenvalue weighted by molar-refractivity contribution is 6.20. The molecule has 0 aliphatic heterocycles. The molecule has 0 saturated heterocycles. The van der Waals surface area contributed by atoms with Gasteiger partial charge in [0.1, 0.15) is 5.75 Å². The van der Waals surface area contributed by atoms with Crippen LogP contribution in [0.25, 0.3) is 11.6 Å². The van der Waals surface area contributed by atoms with Gasteiger partial charge in [-0.05, 0) is 55.3 Å². The molecule has 0 aromatic heterocycles. The molecule has 0 fully saturated rings. The Bertz CT molecular complexity index is 764. The Balaban J connectivity index is 2.46. The van der Waals surface area contributed by atoms with E-state index in [0.717, 1.165) is 0 Å². The second-order valence-corrected chi connectivity index (χ2v) is 5.17. The van der Waals surface area contributed by atoms with E-state index in [9.17, 15) is 9.90 Å². The average Bonchev–Trinajstić information content (AvgIpc) is 2.62. The molecule has 2 rings (SSSR count). The Hall–Kier alpha value is -2.95. The molecule has 0 unspecified atom stereocenters. The van der Waals surface area contributed by atoms with E-state index in [1.54, 1.807) is 55.7 Å². The highest BCUT2D eigenvalue weighted by Gasteiger charge is 2.13. The van der Waals surface area contributed by atoms with Gasteiger partial charge in [-0.3, -0.25) is 0 Å². The number of ether oxygens (including phenoxy) is 3. The van der Waals surface area contributed by atoms with Gasteiger partial charge in [-0.15, -0.1) is 0 Å². The van der Waals surface area contributed by atoms with Gasteiger partial charge in [0.05, 0.1) is 25.9 Å². The molecule has 0 bridgehead atoms. The monoisotopic (exact) mass is 342 g/mol. The second kappa shape index (κ2) is 8.78. The van der Waals surface area contributed by atoms with Crippen LogP contribution < -0.4 is 14.2 Å². The third-order valence-corrected chi connectivity index (χ3v) is 3.49. The van der Waals surface area contributed by atoms with Crippen molar-refractivity contribution in [3.8, 4) is 17.2 Å². The van der Waals surface area contributed by atoms with Gasteiger partial charge in [-0.2, -0.15) is 0 Å². The Kier molecular flexibility index (Phi) is 6.46. The van der Waals surface area contributed by atoms with E-state index in [1.807, 2.05) is 13.8 Å². The van der Waals surface area contributed by atoms with Crippen molar-refractivity contribution in [2.75, 3.05) is 20.3 Å². The van der Waals surface area contributed by atoms with E-state index in [1.165, 1.54) is 0 Å². The third-order valence-electron chi connectivity index (χ3n) is 3.49. The standard InChI is InChI=1S/C20H22O5/c1-4-24-18-10-9-14(12-19(18)25-5-2)11-17(20(21)22)15-7-6-8-16(13-15)23-3/h6-13H,4-5H2,1-3H3,(H,21,22)/b17-11-. The van der Waals surface area contributed by atoms with Gasteiger partial charge < -0.3 is 19.3 Å². The van der Waals surface area contributed by atoms with Gasteiger partial charge >= 0.3 is 5.97 Å². The van der Waals surface area contributed by atoms with Crippen LogP contribution in [0.3, 0.4) is 0 Å². The zero-order valence-electron chi connectivity index (χ0n) is 14.6. The summed E-state index contributed by atoms with van der Waals surface area (Å²) in [6.07, 6.45) is 1.61. The fourth-order valence-corrected chi connectivity index (χ4v) is 2.38. The van der Waals surface area contributed by atoms with Crippen LogP contribution in [0.15, 0.2) is 42.5 Å². The van der Waals surface area contributed by atoms with Gasteiger partial charge in [0.25, 0.3) is 0 Å². The molecule has 0 radical (unpaired) electrons. The first kappa shape index (κ1) is 18.4. The quantitative estimate of drug-likeness (QED) is 0.577. The summed E-state index contributed by atoms with van der Waals surface area (Å²) in [6.45, 7) is 4.81. The summed E-state index contributed by atoms with van der Waals surface area (Å²) < 4.78 is 16.3. The molecule has 0 amide bonds. The van der Waals surface area contributed by atoms with Crippen molar-refractivity contribution in [2.24, 2.45) is 0 Å². The number of methoxy groups -OCH3 is 1. The largest absolute Gasteiger partial charge is 0.497 e. The summed E-state index contributed by atoms with van der Waals surface area (Å²) in [5.41, 5.74) is 1.45. The Labute approximate surface area is 147 Å². The number of carbonyl (C=O) groups is 1. The zero-order chi connectivity index (χ0) is 18.2. The van der Waals surface area contributed by atoms with Crippen LogP contribution >= 0.6 is 0 Å². The molecule has 5 nitrogen and oxygen atoms in total. The van der Waals surface area contributed by atoms with Crippen molar-refractivity contribution < 1.29 is 24.1 Å². The summed E-state index contributed by atoms with van der Waals surface area (Å²) >= 11 is 0.